The van der Waals surface area contributed by atoms with Gasteiger partial charge in [0.2, 0.25) is 5.82 Å². The molecule has 38 heavy (non-hydrogen) atoms. The first kappa shape index (κ1) is 33.8. The van der Waals surface area contributed by atoms with Crippen LogP contribution in [-0.4, -0.2) is 18.5 Å². The summed E-state index contributed by atoms with van der Waals surface area (Å²) in [5.41, 5.74) is -1.19. The van der Waals surface area contributed by atoms with Gasteiger partial charge in [0.15, 0.2) is 23.3 Å². The van der Waals surface area contributed by atoms with Crippen molar-refractivity contribution >= 4 is 11.9 Å². The minimum atomic E-state index is -2.27. The van der Waals surface area contributed by atoms with Crippen LogP contribution < -0.4 is 0 Å². The van der Waals surface area contributed by atoms with Gasteiger partial charge in [0.25, 0.3) is 0 Å². The van der Waals surface area contributed by atoms with Gasteiger partial charge in [0, 0.05) is 12.8 Å². The molecular formula is C29H43F5O4. The predicted octanol–water partition coefficient (Wildman–Crippen LogP) is 9.01. The summed E-state index contributed by atoms with van der Waals surface area (Å²) in [6.45, 7) is 1.58. The Hall–Kier alpha value is -2.19. The fourth-order valence-corrected chi connectivity index (χ4v) is 4.10. The predicted molar refractivity (Wildman–Crippen MR) is 136 cm³/mol. The maximum absolute atomic E-state index is 13.6. The number of hydrogen-bond acceptors (Lipinski definition) is 4. The summed E-state index contributed by atoms with van der Waals surface area (Å²) in [4.78, 5) is 23.5. The van der Waals surface area contributed by atoms with E-state index >= 15 is 0 Å². The Balaban J connectivity index is 1.97. The maximum Gasteiger partial charge on any atom is 0.306 e. The van der Waals surface area contributed by atoms with Crippen molar-refractivity contribution in [3.63, 3.8) is 0 Å². The van der Waals surface area contributed by atoms with Crippen molar-refractivity contribution in [1.29, 1.82) is 0 Å². The minimum absolute atomic E-state index is 0.108. The zero-order valence-electron chi connectivity index (χ0n) is 22.7. The topological polar surface area (TPSA) is 52.6 Å². The highest BCUT2D eigenvalue weighted by Gasteiger charge is 2.26. The van der Waals surface area contributed by atoms with E-state index in [9.17, 15) is 31.5 Å². The number of esters is 2. The zero-order chi connectivity index (χ0) is 28.2. The highest BCUT2D eigenvalue weighted by molar-refractivity contribution is 5.70. The molecular weight excluding hydrogens is 507 g/mol. The van der Waals surface area contributed by atoms with Gasteiger partial charge in [-0.3, -0.25) is 9.59 Å². The van der Waals surface area contributed by atoms with Crippen LogP contribution in [0.5, 0.6) is 0 Å². The molecule has 0 aromatic heterocycles. The lowest BCUT2D eigenvalue weighted by Crippen LogP contribution is -2.11. The molecule has 0 aliphatic carbocycles. The third-order valence-corrected chi connectivity index (χ3v) is 6.45. The summed E-state index contributed by atoms with van der Waals surface area (Å²) in [5.74, 6) is -11.6. The van der Waals surface area contributed by atoms with Crippen molar-refractivity contribution in [1.82, 2.24) is 0 Å². The van der Waals surface area contributed by atoms with Crippen molar-refractivity contribution < 1.29 is 41.0 Å². The highest BCUT2D eigenvalue weighted by Crippen LogP contribution is 2.24. The summed E-state index contributed by atoms with van der Waals surface area (Å²) >= 11 is 0. The lowest BCUT2D eigenvalue weighted by Gasteiger charge is -2.09. The van der Waals surface area contributed by atoms with Crippen molar-refractivity contribution in [3.8, 4) is 0 Å². The number of carbonyl (C=O) groups excluding carboxylic acids is 2. The molecule has 4 nitrogen and oxygen atoms in total. The molecule has 0 fully saturated rings. The molecule has 9 heteroatoms. The van der Waals surface area contributed by atoms with E-state index in [1.807, 2.05) is 0 Å². The number of ether oxygens (including phenoxy) is 2. The van der Waals surface area contributed by atoms with Gasteiger partial charge in [-0.2, -0.15) is 0 Å². The van der Waals surface area contributed by atoms with E-state index in [1.165, 1.54) is 64.2 Å². The molecule has 0 N–H and O–H groups in total. The normalized spacial score (nSPS) is 11.1. The van der Waals surface area contributed by atoms with Gasteiger partial charge in [0.1, 0.15) is 6.61 Å². The lowest BCUT2D eigenvalue weighted by molar-refractivity contribution is -0.145. The zero-order valence-corrected chi connectivity index (χ0v) is 22.7. The second-order valence-electron chi connectivity index (χ2n) is 9.73. The Bertz CT molecular complexity index is 803. The molecule has 0 heterocycles. The maximum atomic E-state index is 13.6. The van der Waals surface area contributed by atoms with E-state index in [0.29, 0.717) is 25.9 Å². The Kier molecular flexibility index (Phi) is 18.5. The molecule has 0 atom stereocenters. The first-order chi connectivity index (χ1) is 18.3. The first-order valence-corrected chi connectivity index (χ1v) is 14.1. The Morgan fingerprint density at radius 1 is 0.500 bits per heavy atom. The quantitative estimate of drug-likeness (QED) is 0.0475. The molecule has 0 spiro atoms. The Morgan fingerprint density at radius 3 is 1.34 bits per heavy atom. The van der Waals surface area contributed by atoms with Crippen LogP contribution in [0.1, 0.15) is 128 Å². The monoisotopic (exact) mass is 550 g/mol. The average Bonchev–Trinajstić information content (AvgIpc) is 2.90. The van der Waals surface area contributed by atoms with Crippen LogP contribution in [0.4, 0.5) is 22.0 Å². The second kappa shape index (κ2) is 20.7. The van der Waals surface area contributed by atoms with Gasteiger partial charge < -0.3 is 9.47 Å². The molecule has 0 saturated carbocycles. The van der Waals surface area contributed by atoms with Crippen LogP contribution in [0.2, 0.25) is 0 Å². The Morgan fingerprint density at radius 2 is 0.868 bits per heavy atom. The van der Waals surface area contributed by atoms with Crippen LogP contribution in [0.3, 0.4) is 0 Å². The molecule has 0 saturated heterocycles. The van der Waals surface area contributed by atoms with E-state index in [4.69, 9.17) is 4.74 Å². The van der Waals surface area contributed by atoms with Crippen molar-refractivity contribution in [3.05, 3.63) is 34.6 Å². The number of hydrogen-bond donors (Lipinski definition) is 0. The SMILES string of the molecule is CCCCCCCCCCCCCCCOC(=O)CCCCCC(=O)OCc1c(F)c(F)c(F)c(F)c1F. The third kappa shape index (κ3) is 14.1. The largest absolute Gasteiger partial charge is 0.466 e. The molecule has 218 valence electrons. The number of benzene rings is 1. The fourth-order valence-electron chi connectivity index (χ4n) is 4.10. The van der Waals surface area contributed by atoms with E-state index in [-0.39, 0.29) is 18.8 Å². The third-order valence-electron chi connectivity index (χ3n) is 6.45. The highest BCUT2D eigenvalue weighted by atomic mass is 19.2. The van der Waals surface area contributed by atoms with E-state index < -0.39 is 47.2 Å². The van der Waals surface area contributed by atoms with Gasteiger partial charge in [-0.05, 0) is 19.3 Å². The molecule has 0 aliphatic rings. The molecule has 0 amide bonds. The lowest BCUT2D eigenvalue weighted by atomic mass is 10.0. The van der Waals surface area contributed by atoms with E-state index in [0.717, 1.165) is 19.3 Å². The molecule has 0 radical (unpaired) electrons. The molecule has 0 bridgehead atoms. The Labute approximate surface area is 223 Å². The summed E-state index contributed by atoms with van der Waals surface area (Å²) in [5, 5.41) is 0. The van der Waals surface area contributed by atoms with E-state index in [2.05, 4.69) is 11.7 Å². The van der Waals surface area contributed by atoms with Gasteiger partial charge in [-0.1, -0.05) is 90.4 Å². The number of unbranched alkanes of at least 4 members (excludes halogenated alkanes) is 14. The van der Waals surface area contributed by atoms with E-state index in [1.54, 1.807) is 0 Å². The standard InChI is InChI=1S/C29H43F5O4/c1-2-3-4-5-6-7-8-9-10-11-12-13-17-20-37-23(35)18-15-14-16-19-24(36)38-21-22-25(30)27(32)29(34)28(33)26(22)31/h2-21H2,1H3. The van der Waals surface area contributed by atoms with Gasteiger partial charge >= 0.3 is 11.9 Å². The van der Waals surface area contributed by atoms with Crippen molar-refractivity contribution in [2.24, 2.45) is 0 Å². The summed E-state index contributed by atoms with van der Waals surface area (Å²) in [7, 11) is 0. The van der Waals surface area contributed by atoms with Crippen LogP contribution in [0, 0.1) is 29.1 Å². The first-order valence-electron chi connectivity index (χ1n) is 14.1. The minimum Gasteiger partial charge on any atom is -0.466 e. The molecule has 1 aromatic rings. The van der Waals surface area contributed by atoms with Crippen LogP contribution in [0.15, 0.2) is 0 Å². The van der Waals surface area contributed by atoms with Crippen LogP contribution in [-0.2, 0) is 25.7 Å². The van der Waals surface area contributed by atoms with Gasteiger partial charge in [0.05, 0.1) is 12.2 Å². The summed E-state index contributed by atoms with van der Waals surface area (Å²) in [6, 6.07) is 0. The molecule has 0 unspecified atom stereocenters. The van der Waals surface area contributed by atoms with Crippen LogP contribution in [0.25, 0.3) is 0 Å². The molecule has 1 aromatic carbocycles. The smallest absolute Gasteiger partial charge is 0.306 e. The summed E-state index contributed by atoms with van der Waals surface area (Å²) < 4.78 is 76.4. The molecule has 0 aliphatic heterocycles. The number of rotatable bonds is 22. The van der Waals surface area contributed by atoms with Gasteiger partial charge in [-0.15, -0.1) is 0 Å². The van der Waals surface area contributed by atoms with Gasteiger partial charge in [-0.25, -0.2) is 22.0 Å². The molecule has 1 rings (SSSR count). The summed E-state index contributed by atoms with van der Waals surface area (Å²) in [6.07, 6.45) is 17.7. The number of halogens is 5. The number of carbonyl (C=O) groups is 2. The van der Waals surface area contributed by atoms with Crippen molar-refractivity contribution in [2.45, 2.75) is 129 Å². The second-order valence-corrected chi connectivity index (χ2v) is 9.73. The van der Waals surface area contributed by atoms with Crippen molar-refractivity contribution in [2.75, 3.05) is 6.61 Å². The van der Waals surface area contributed by atoms with Crippen LogP contribution >= 0.6 is 0 Å². The average molecular weight is 551 g/mol. The fraction of sp³-hybridized carbons (Fsp3) is 0.724.